The molecule has 35 heavy (non-hydrogen) atoms. The number of carbonyl (C=O) groups excluding carboxylic acids is 1. The Morgan fingerprint density at radius 2 is 1.74 bits per heavy atom. The van der Waals surface area contributed by atoms with Gasteiger partial charge in [-0.3, -0.25) is 9.79 Å². The van der Waals surface area contributed by atoms with E-state index in [0.29, 0.717) is 6.54 Å². The summed E-state index contributed by atoms with van der Waals surface area (Å²) in [5.41, 5.74) is 1.71. The zero-order valence-corrected chi connectivity index (χ0v) is 21.0. The monoisotopic (exact) mass is 550 g/mol. The number of rotatable bonds is 9. The number of amides is 1. The zero-order valence-electron chi connectivity index (χ0n) is 18.6. The van der Waals surface area contributed by atoms with E-state index < -0.39 is 46.5 Å². The largest absolute Gasteiger partial charge is 0.402 e. The number of hydrogen-bond acceptors (Lipinski definition) is 5. The molecule has 1 aliphatic heterocycles. The number of halogens is 5. The smallest absolute Gasteiger partial charge is 0.368 e. The van der Waals surface area contributed by atoms with E-state index in [1.807, 2.05) is 24.3 Å². The summed E-state index contributed by atoms with van der Waals surface area (Å²) in [5, 5.41) is 2.54. The summed E-state index contributed by atoms with van der Waals surface area (Å²) >= 11 is 11.9. The normalized spacial score (nSPS) is 14.1. The number of nitrogens with zero attached hydrogens (tertiary/aromatic N) is 3. The van der Waals surface area contributed by atoms with E-state index in [2.05, 4.69) is 10.3 Å². The van der Waals surface area contributed by atoms with Gasteiger partial charge >= 0.3 is 6.18 Å². The molecule has 3 rings (SSSR count). The fraction of sp³-hybridized carbons (Fsp3) is 0.364. The van der Waals surface area contributed by atoms with Crippen molar-refractivity contribution < 1.29 is 26.4 Å². The first-order valence-corrected chi connectivity index (χ1v) is 12.7. The van der Waals surface area contributed by atoms with Gasteiger partial charge in [0.15, 0.2) is 0 Å². The molecule has 0 aromatic heterocycles. The van der Waals surface area contributed by atoms with Crippen LogP contribution in [0.3, 0.4) is 0 Å². The van der Waals surface area contributed by atoms with Gasteiger partial charge in [-0.2, -0.15) is 17.5 Å². The fourth-order valence-corrected chi connectivity index (χ4v) is 5.99. The standard InChI is InChI=1S/C22H23Cl2F3N4O3S/c1-30(13-15-5-7-16(8-6-15)21-28-10-11-29-21)19(32)9-12-31(14-22(25,26)27)35(33,34)20-17(23)3-2-4-18(20)24/h2-8H,9-14H2,1H3,(H,28,29). The first-order valence-electron chi connectivity index (χ1n) is 10.5. The van der Waals surface area contributed by atoms with Gasteiger partial charge in [-0.05, 0) is 17.7 Å². The molecule has 1 aliphatic rings. The molecule has 7 nitrogen and oxygen atoms in total. The summed E-state index contributed by atoms with van der Waals surface area (Å²) in [4.78, 5) is 17.7. The summed E-state index contributed by atoms with van der Waals surface area (Å²) in [7, 11) is -3.23. The molecule has 0 aliphatic carbocycles. The van der Waals surface area contributed by atoms with E-state index in [1.165, 1.54) is 30.1 Å². The van der Waals surface area contributed by atoms with Crippen LogP contribution in [0.5, 0.6) is 0 Å². The molecular formula is C22H23Cl2F3N4O3S. The first kappa shape index (κ1) is 27.3. The van der Waals surface area contributed by atoms with Gasteiger partial charge in [0.1, 0.15) is 17.3 Å². The number of nitrogens with one attached hydrogen (secondary N) is 1. The van der Waals surface area contributed by atoms with E-state index in [1.54, 1.807) is 0 Å². The SMILES string of the molecule is CN(Cc1ccc(C2=NCCN2)cc1)C(=O)CCN(CC(F)(F)F)S(=O)(=O)c1c(Cl)cccc1Cl. The predicted octanol–water partition coefficient (Wildman–Crippen LogP) is 3.94. The van der Waals surface area contributed by atoms with Crippen LogP contribution in [-0.2, 0) is 21.4 Å². The van der Waals surface area contributed by atoms with Crippen molar-refractivity contribution in [3.8, 4) is 0 Å². The Morgan fingerprint density at radius 3 is 2.29 bits per heavy atom. The highest BCUT2D eigenvalue weighted by atomic mass is 35.5. The third-order valence-electron chi connectivity index (χ3n) is 5.19. The molecule has 1 heterocycles. The molecular weight excluding hydrogens is 528 g/mol. The average molecular weight is 551 g/mol. The van der Waals surface area contributed by atoms with Crippen LogP contribution < -0.4 is 5.32 Å². The Labute approximate surface area is 211 Å². The Hall–Kier alpha value is -2.34. The van der Waals surface area contributed by atoms with Crippen molar-refractivity contribution in [2.45, 2.75) is 24.0 Å². The van der Waals surface area contributed by atoms with Gasteiger partial charge in [-0.1, -0.05) is 53.5 Å². The Bertz CT molecular complexity index is 1190. The summed E-state index contributed by atoms with van der Waals surface area (Å²) in [5.74, 6) is 0.272. The second kappa shape index (κ2) is 11.2. The molecule has 1 N–H and O–H groups in total. The number of carbonyl (C=O) groups is 1. The lowest BCUT2D eigenvalue weighted by Crippen LogP contribution is -2.41. The summed E-state index contributed by atoms with van der Waals surface area (Å²) in [6.07, 6.45) is -5.30. The molecule has 0 atom stereocenters. The number of hydrogen-bond donors (Lipinski definition) is 1. The number of benzene rings is 2. The lowest BCUT2D eigenvalue weighted by atomic mass is 10.1. The molecule has 0 saturated carbocycles. The summed E-state index contributed by atoms with van der Waals surface area (Å²) in [6, 6.07) is 11.2. The molecule has 0 unspecified atom stereocenters. The quantitative estimate of drug-likeness (QED) is 0.512. The number of alkyl halides is 3. The molecule has 0 fully saturated rings. The van der Waals surface area contributed by atoms with E-state index >= 15 is 0 Å². The van der Waals surface area contributed by atoms with E-state index in [9.17, 15) is 26.4 Å². The molecule has 13 heteroatoms. The minimum atomic E-state index is -4.84. The number of aliphatic imine (C=N–C) groups is 1. The molecule has 2 aromatic carbocycles. The number of amidine groups is 1. The molecule has 0 spiro atoms. The highest BCUT2D eigenvalue weighted by Crippen LogP contribution is 2.33. The van der Waals surface area contributed by atoms with Gasteiger partial charge in [-0.25, -0.2) is 8.42 Å². The van der Waals surface area contributed by atoms with Crippen LogP contribution >= 0.6 is 23.2 Å². The molecule has 0 radical (unpaired) electrons. The second-order valence-electron chi connectivity index (χ2n) is 7.86. The summed E-state index contributed by atoms with van der Waals surface area (Å²) in [6.45, 7) is -0.804. The van der Waals surface area contributed by atoms with Crippen LogP contribution in [0.25, 0.3) is 0 Å². The molecule has 2 aromatic rings. The van der Waals surface area contributed by atoms with Crippen LogP contribution in [-0.4, -0.2) is 68.8 Å². The van der Waals surface area contributed by atoms with Crippen molar-refractivity contribution >= 4 is 45.0 Å². The zero-order chi connectivity index (χ0) is 25.8. The van der Waals surface area contributed by atoms with E-state index in [0.717, 1.165) is 23.5 Å². The van der Waals surface area contributed by atoms with Crippen molar-refractivity contribution in [1.82, 2.24) is 14.5 Å². The van der Waals surface area contributed by atoms with Crippen LogP contribution in [0.15, 0.2) is 52.4 Å². The van der Waals surface area contributed by atoms with E-state index in [-0.39, 0.29) is 20.9 Å². The van der Waals surface area contributed by atoms with Gasteiger partial charge in [-0.15, -0.1) is 0 Å². The minimum Gasteiger partial charge on any atom is -0.368 e. The topological polar surface area (TPSA) is 82.1 Å². The van der Waals surface area contributed by atoms with Gasteiger partial charge in [0, 0.05) is 38.7 Å². The van der Waals surface area contributed by atoms with Crippen LogP contribution in [0, 0.1) is 0 Å². The van der Waals surface area contributed by atoms with Crippen molar-refractivity contribution in [1.29, 1.82) is 0 Å². The fourth-order valence-electron chi connectivity index (χ4n) is 3.47. The van der Waals surface area contributed by atoms with Crippen molar-refractivity contribution in [2.24, 2.45) is 4.99 Å². The third-order valence-corrected chi connectivity index (χ3v) is 8.00. The van der Waals surface area contributed by atoms with Gasteiger partial charge in [0.05, 0.1) is 16.6 Å². The van der Waals surface area contributed by atoms with Crippen molar-refractivity contribution in [2.75, 3.05) is 33.2 Å². The predicted molar refractivity (Wildman–Crippen MR) is 128 cm³/mol. The van der Waals surface area contributed by atoms with Crippen LogP contribution in [0.4, 0.5) is 13.2 Å². The van der Waals surface area contributed by atoms with Crippen LogP contribution in [0.2, 0.25) is 10.0 Å². The third kappa shape index (κ3) is 7.09. The average Bonchev–Trinajstić information content (AvgIpc) is 3.30. The Kier molecular flexibility index (Phi) is 8.68. The molecule has 1 amide bonds. The number of sulfonamides is 1. The Balaban J connectivity index is 1.69. The maximum Gasteiger partial charge on any atom is 0.402 e. The van der Waals surface area contributed by atoms with Crippen molar-refractivity contribution in [3.05, 3.63) is 63.6 Å². The lowest BCUT2D eigenvalue weighted by Gasteiger charge is -2.25. The van der Waals surface area contributed by atoms with E-state index in [4.69, 9.17) is 23.2 Å². The van der Waals surface area contributed by atoms with Gasteiger partial charge < -0.3 is 10.2 Å². The molecule has 190 valence electrons. The second-order valence-corrected chi connectivity index (χ2v) is 10.5. The highest BCUT2D eigenvalue weighted by Gasteiger charge is 2.39. The first-order chi connectivity index (χ1) is 16.4. The molecule has 0 bridgehead atoms. The summed E-state index contributed by atoms with van der Waals surface area (Å²) < 4.78 is 65.7. The molecule has 0 saturated heterocycles. The van der Waals surface area contributed by atoms with Gasteiger partial charge in [0.2, 0.25) is 15.9 Å². The maximum atomic E-state index is 13.2. The highest BCUT2D eigenvalue weighted by molar-refractivity contribution is 7.89. The van der Waals surface area contributed by atoms with Crippen molar-refractivity contribution in [3.63, 3.8) is 0 Å². The lowest BCUT2D eigenvalue weighted by molar-refractivity contribution is -0.139. The minimum absolute atomic E-state index is 0.177. The maximum absolute atomic E-state index is 13.2. The van der Waals surface area contributed by atoms with Crippen LogP contribution in [0.1, 0.15) is 17.5 Å². The Morgan fingerprint density at radius 1 is 1.11 bits per heavy atom. The van der Waals surface area contributed by atoms with Gasteiger partial charge in [0.25, 0.3) is 0 Å².